The molecule has 1 aromatic rings. The van der Waals surface area contributed by atoms with Crippen LogP contribution in [0.2, 0.25) is 0 Å². The van der Waals surface area contributed by atoms with Crippen molar-refractivity contribution in [2.24, 2.45) is 0 Å². The Morgan fingerprint density at radius 1 is 1.15 bits per heavy atom. The summed E-state index contributed by atoms with van der Waals surface area (Å²) in [5.74, 6) is 2.19. The fourth-order valence-electron chi connectivity index (χ4n) is 1.91. The molecule has 0 saturated heterocycles. The van der Waals surface area contributed by atoms with Gasteiger partial charge in [-0.3, -0.25) is 0 Å². The van der Waals surface area contributed by atoms with Crippen LogP contribution in [0.1, 0.15) is 31.7 Å². The minimum absolute atomic E-state index is 0.141. The molecule has 0 bridgehead atoms. The van der Waals surface area contributed by atoms with Crippen LogP contribution in [-0.4, -0.2) is 29.6 Å². The second-order valence-electron chi connectivity index (χ2n) is 4.39. The Labute approximate surface area is 120 Å². The molecule has 0 aromatic carbocycles. The number of aryl methyl sites for hydroxylation is 1. The van der Waals surface area contributed by atoms with E-state index >= 15 is 0 Å². The van der Waals surface area contributed by atoms with Gasteiger partial charge in [0.15, 0.2) is 0 Å². The lowest BCUT2D eigenvalue weighted by atomic mass is 10.2. The molecule has 0 fully saturated rings. The highest BCUT2D eigenvalue weighted by Crippen LogP contribution is 2.23. The quantitative estimate of drug-likeness (QED) is 0.764. The Morgan fingerprint density at radius 2 is 1.80 bits per heavy atom. The first kappa shape index (κ1) is 15.7. The van der Waals surface area contributed by atoms with Gasteiger partial charge in [-0.05, 0) is 20.3 Å². The number of rotatable bonds is 7. The van der Waals surface area contributed by atoms with Gasteiger partial charge in [0.05, 0.1) is 12.1 Å². The highest BCUT2D eigenvalue weighted by atomic mass is 15.2. The molecule has 1 rings (SSSR count). The van der Waals surface area contributed by atoms with Crippen molar-refractivity contribution in [2.45, 2.75) is 33.6 Å². The Morgan fingerprint density at radius 3 is 2.30 bits per heavy atom. The van der Waals surface area contributed by atoms with Gasteiger partial charge in [-0.1, -0.05) is 6.92 Å². The number of nitrogens with one attached hydrogen (secondary N) is 1. The third kappa shape index (κ3) is 3.83. The second kappa shape index (κ2) is 7.96. The summed E-state index contributed by atoms with van der Waals surface area (Å²) in [4.78, 5) is 10.7. The van der Waals surface area contributed by atoms with E-state index in [0.717, 1.165) is 36.6 Å². The molecule has 0 amide bonds. The standard InChI is InChI=1S/C14H20N6/c1-4-6-12-18-13(17-5-2)11(3)14(19-12)20(9-7-15)10-8-16/h4-6,9-10H2,1-3H3,(H,17,18,19). The van der Waals surface area contributed by atoms with E-state index in [4.69, 9.17) is 10.5 Å². The largest absolute Gasteiger partial charge is 0.370 e. The number of nitriles is 2. The molecule has 0 aliphatic rings. The summed E-state index contributed by atoms with van der Waals surface area (Å²) in [6.45, 7) is 7.02. The molecule has 20 heavy (non-hydrogen) atoms. The van der Waals surface area contributed by atoms with Crippen molar-refractivity contribution in [3.8, 4) is 12.1 Å². The predicted octanol–water partition coefficient (Wildman–Crippen LogP) is 2.02. The number of aromatic nitrogens is 2. The highest BCUT2D eigenvalue weighted by Gasteiger charge is 2.16. The first-order valence-electron chi connectivity index (χ1n) is 6.78. The maximum Gasteiger partial charge on any atom is 0.139 e. The van der Waals surface area contributed by atoms with Gasteiger partial charge in [-0.25, -0.2) is 9.97 Å². The molecule has 6 heteroatoms. The van der Waals surface area contributed by atoms with E-state index in [2.05, 4.69) is 34.3 Å². The lowest BCUT2D eigenvalue weighted by Crippen LogP contribution is -2.27. The Balaban J connectivity index is 3.27. The van der Waals surface area contributed by atoms with Gasteiger partial charge in [0.1, 0.15) is 30.5 Å². The topological polar surface area (TPSA) is 88.6 Å². The van der Waals surface area contributed by atoms with Crippen LogP contribution < -0.4 is 10.2 Å². The molecule has 6 nitrogen and oxygen atoms in total. The zero-order chi connectivity index (χ0) is 15.0. The van der Waals surface area contributed by atoms with Crippen molar-refractivity contribution < 1.29 is 0 Å². The summed E-state index contributed by atoms with van der Waals surface area (Å²) < 4.78 is 0. The molecule has 1 N–H and O–H groups in total. The van der Waals surface area contributed by atoms with Crippen molar-refractivity contribution in [3.05, 3.63) is 11.4 Å². The molecule has 0 radical (unpaired) electrons. The second-order valence-corrected chi connectivity index (χ2v) is 4.39. The summed E-state index contributed by atoms with van der Waals surface area (Å²) >= 11 is 0. The Bertz CT molecular complexity index is 510. The Kier molecular flexibility index (Phi) is 6.25. The molecule has 0 spiro atoms. The fourth-order valence-corrected chi connectivity index (χ4v) is 1.91. The van der Waals surface area contributed by atoms with Gasteiger partial charge in [0.2, 0.25) is 0 Å². The minimum atomic E-state index is 0.141. The van der Waals surface area contributed by atoms with Crippen LogP contribution in [0.5, 0.6) is 0 Å². The van der Waals surface area contributed by atoms with Crippen LogP contribution in [0.25, 0.3) is 0 Å². The summed E-state index contributed by atoms with van der Waals surface area (Å²) in [5, 5.41) is 21.0. The zero-order valence-electron chi connectivity index (χ0n) is 12.3. The molecule has 1 aromatic heterocycles. The van der Waals surface area contributed by atoms with Crippen LogP contribution in [0.4, 0.5) is 11.6 Å². The van der Waals surface area contributed by atoms with E-state index in [1.807, 2.05) is 13.8 Å². The van der Waals surface area contributed by atoms with Gasteiger partial charge in [-0.15, -0.1) is 0 Å². The molecule has 0 aliphatic heterocycles. The molecular formula is C14H20N6. The van der Waals surface area contributed by atoms with E-state index in [1.54, 1.807) is 4.90 Å². The molecule has 106 valence electrons. The van der Waals surface area contributed by atoms with Gasteiger partial charge >= 0.3 is 0 Å². The normalized spacial score (nSPS) is 9.65. The van der Waals surface area contributed by atoms with Crippen LogP contribution >= 0.6 is 0 Å². The van der Waals surface area contributed by atoms with Crippen molar-refractivity contribution in [3.63, 3.8) is 0 Å². The van der Waals surface area contributed by atoms with Crippen LogP contribution in [0.3, 0.4) is 0 Å². The van der Waals surface area contributed by atoms with Crippen molar-refractivity contribution in [1.82, 2.24) is 9.97 Å². The third-order valence-corrected chi connectivity index (χ3v) is 2.81. The van der Waals surface area contributed by atoms with Gasteiger partial charge in [-0.2, -0.15) is 10.5 Å². The molecule has 0 saturated carbocycles. The molecular weight excluding hydrogens is 252 g/mol. The molecule has 0 unspecified atom stereocenters. The molecule has 0 atom stereocenters. The van der Waals surface area contributed by atoms with E-state index in [-0.39, 0.29) is 13.1 Å². The summed E-state index contributed by atoms with van der Waals surface area (Å²) in [5.41, 5.74) is 0.872. The minimum Gasteiger partial charge on any atom is -0.370 e. The van der Waals surface area contributed by atoms with Gasteiger partial charge in [0, 0.05) is 18.5 Å². The zero-order valence-corrected chi connectivity index (χ0v) is 12.3. The third-order valence-electron chi connectivity index (χ3n) is 2.81. The van der Waals surface area contributed by atoms with E-state index in [9.17, 15) is 0 Å². The van der Waals surface area contributed by atoms with Crippen LogP contribution in [-0.2, 0) is 6.42 Å². The van der Waals surface area contributed by atoms with Crippen molar-refractivity contribution in [2.75, 3.05) is 29.9 Å². The summed E-state index contributed by atoms with van der Waals surface area (Å²) in [6.07, 6.45) is 1.73. The average molecular weight is 272 g/mol. The number of hydrogen-bond acceptors (Lipinski definition) is 6. The maximum atomic E-state index is 8.90. The lowest BCUT2D eigenvalue weighted by molar-refractivity contribution is 0.812. The van der Waals surface area contributed by atoms with Crippen molar-refractivity contribution in [1.29, 1.82) is 10.5 Å². The van der Waals surface area contributed by atoms with E-state index < -0.39 is 0 Å². The first-order chi connectivity index (χ1) is 9.67. The van der Waals surface area contributed by atoms with Crippen LogP contribution in [0, 0.1) is 29.6 Å². The lowest BCUT2D eigenvalue weighted by Gasteiger charge is -2.21. The molecule has 1 heterocycles. The first-order valence-corrected chi connectivity index (χ1v) is 6.78. The number of hydrogen-bond donors (Lipinski definition) is 1. The summed E-state index contributed by atoms with van der Waals surface area (Å²) in [6, 6.07) is 4.15. The van der Waals surface area contributed by atoms with E-state index in [0.29, 0.717) is 5.82 Å². The predicted molar refractivity (Wildman–Crippen MR) is 78.4 cm³/mol. The average Bonchev–Trinajstić information content (AvgIpc) is 2.42. The smallest absolute Gasteiger partial charge is 0.139 e. The maximum absolute atomic E-state index is 8.90. The number of nitrogens with zero attached hydrogens (tertiary/aromatic N) is 5. The fraction of sp³-hybridized carbons (Fsp3) is 0.571. The van der Waals surface area contributed by atoms with Gasteiger partial charge in [0.25, 0.3) is 0 Å². The van der Waals surface area contributed by atoms with E-state index in [1.165, 1.54) is 0 Å². The van der Waals surface area contributed by atoms with Crippen molar-refractivity contribution >= 4 is 11.6 Å². The van der Waals surface area contributed by atoms with Crippen LogP contribution in [0.15, 0.2) is 0 Å². The molecule has 0 aliphatic carbocycles. The highest BCUT2D eigenvalue weighted by molar-refractivity contribution is 5.59. The van der Waals surface area contributed by atoms with Gasteiger partial charge < -0.3 is 10.2 Å². The Hall–Kier alpha value is -2.34. The SMILES string of the molecule is CCCc1nc(NCC)c(C)c(N(CC#N)CC#N)n1. The monoisotopic (exact) mass is 272 g/mol. The summed E-state index contributed by atoms with van der Waals surface area (Å²) in [7, 11) is 0. The number of anilines is 2.